The molecular formula is C15H17N3O4. The molecule has 0 radical (unpaired) electrons. The minimum Gasteiger partial charge on any atom is -0.469 e. The lowest BCUT2D eigenvalue weighted by atomic mass is 10.1. The molecule has 1 saturated heterocycles. The summed E-state index contributed by atoms with van der Waals surface area (Å²) in [6, 6.07) is 9.07. The number of esters is 1. The molecule has 1 aromatic rings. The molecule has 2 atom stereocenters. The number of hydrogen-bond donors (Lipinski definition) is 2. The van der Waals surface area contributed by atoms with Gasteiger partial charge in [0.2, 0.25) is 5.76 Å². The van der Waals surface area contributed by atoms with E-state index in [0.29, 0.717) is 18.0 Å². The second-order valence-electron chi connectivity index (χ2n) is 5.11. The lowest BCUT2D eigenvalue weighted by Gasteiger charge is -2.34. The van der Waals surface area contributed by atoms with Gasteiger partial charge in [-0.3, -0.25) is 14.6 Å². The predicted molar refractivity (Wildman–Crippen MR) is 77.0 cm³/mol. The summed E-state index contributed by atoms with van der Waals surface area (Å²) in [5.74, 6) is -0.377. The number of fused-ring (bicyclic) bond motifs is 1. The maximum Gasteiger partial charge on any atom is 0.314 e. The Morgan fingerprint density at radius 3 is 2.73 bits per heavy atom. The number of ether oxygens (including phenoxy) is 2. The molecule has 22 heavy (non-hydrogen) atoms. The molecule has 7 heteroatoms. The Kier molecular flexibility index (Phi) is 3.72. The first-order valence-corrected chi connectivity index (χ1v) is 6.97. The van der Waals surface area contributed by atoms with Crippen LogP contribution in [0.2, 0.25) is 0 Å². The second kappa shape index (κ2) is 5.69. The standard InChI is InChI=1S/C15H17N3O4/c1-9-12(22-10-6-4-3-5-7-10)14(19)17-13-11(15(20)21-2)8-16-18(9)13/h3-7,11,13,16H,8H2,1-2H3,(H,17,19). The Morgan fingerprint density at radius 1 is 1.32 bits per heavy atom. The van der Waals surface area contributed by atoms with Crippen LogP contribution in [0.15, 0.2) is 41.8 Å². The lowest BCUT2D eigenvalue weighted by molar-refractivity contribution is -0.146. The molecule has 2 aliphatic rings. The normalized spacial score (nSPS) is 23.9. The number of para-hydroxylation sites is 1. The Morgan fingerprint density at radius 2 is 2.05 bits per heavy atom. The van der Waals surface area contributed by atoms with Crippen molar-refractivity contribution in [3.8, 4) is 5.75 Å². The monoisotopic (exact) mass is 303 g/mol. The second-order valence-corrected chi connectivity index (χ2v) is 5.11. The van der Waals surface area contributed by atoms with Gasteiger partial charge < -0.3 is 14.8 Å². The predicted octanol–water partition coefficient (Wildman–Crippen LogP) is 0.362. The summed E-state index contributed by atoms with van der Waals surface area (Å²) >= 11 is 0. The molecule has 2 N–H and O–H groups in total. The summed E-state index contributed by atoms with van der Waals surface area (Å²) in [6.45, 7) is 2.17. The van der Waals surface area contributed by atoms with Crippen LogP contribution in [0, 0.1) is 5.92 Å². The molecule has 2 unspecified atom stereocenters. The number of carbonyl (C=O) groups excluding carboxylic acids is 2. The van der Waals surface area contributed by atoms with Gasteiger partial charge in [-0.05, 0) is 19.1 Å². The number of amides is 1. The van der Waals surface area contributed by atoms with Crippen molar-refractivity contribution in [2.45, 2.75) is 13.1 Å². The summed E-state index contributed by atoms with van der Waals surface area (Å²) < 4.78 is 10.5. The van der Waals surface area contributed by atoms with Crippen LogP contribution in [-0.4, -0.2) is 36.7 Å². The number of allylic oxidation sites excluding steroid dienone is 1. The average molecular weight is 303 g/mol. The van der Waals surface area contributed by atoms with Crippen molar-refractivity contribution in [3.05, 3.63) is 41.8 Å². The van der Waals surface area contributed by atoms with Crippen molar-refractivity contribution in [1.82, 2.24) is 15.8 Å². The Bertz CT molecular complexity index is 629. The van der Waals surface area contributed by atoms with Gasteiger partial charge in [0, 0.05) is 6.54 Å². The molecule has 2 heterocycles. The Balaban J connectivity index is 1.86. The molecule has 7 nitrogen and oxygen atoms in total. The fraction of sp³-hybridized carbons (Fsp3) is 0.333. The van der Waals surface area contributed by atoms with Crippen molar-refractivity contribution in [2.24, 2.45) is 5.92 Å². The number of hydrogen-bond acceptors (Lipinski definition) is 6. The smallest absolute Gasteiger partial charge is 0.314 e. The van der Waals surface area contributed by atoms with Crippen LogP contribution in [0.5, 0.6) is 5.75 Å². The highest BCUT2D eigenvalue weighted by Gasteiger charge is 2.45. The zero-order valence-electron chi connectivity index (χ0n) is 12.3. The van der Waals surface area contributed by atoms with E-state index in [-0.39, 0.29) is 17.6 Å². The first kappa shape index (κ1) is 14.4. The summed E-state index contributed by atoms with van der Waals surface area (Å²) in [7, 11) is 1.34. The van der Waals surface area contributed by atoms with Crippen molar-refractivity contribution in [2.75, 3.05) is 13.7 Å². The molecule has 0 aliphatic carbocycles. The Hall–Kier alpha value is -2.54. The fourth-order valence-corrected chi connectivity index (χ4v) is 2.64. The van der Waals surface area contributed by atoms with E-state index in [9.17, 15) is 9.59 Å². The van der Waals surface area contributed by atoms with Crippen LogP contribution in [0.1, 0.15) is 6.92 Å². The van der Waals surface area contributed by atoms with E-state index < -0.39 is 12.1 Å². The van der Waals surface area contributed by atoms with Gasteiger partial charge in [-0.2, -0.15) is 0 Å². The first-order valence-electron chi connectivity index (χ1n) is 6.97. The van der Waals surface area contributed by atoms with Crippen LogP contribution in [0.4, 0.5) is 0 Å². The summed E-state index contributed by atoms with van der Waals surface area (Å²) in [5, 5.41) is 4.52. The highest BCUT2D eigenvalue weighted by Crippen LogP contribution is 2.27. The minimum atomic E-state index is -0.469. The number of benzene rings is 1. The Labute approximate surface area is 127 Å². The highest BCUT2D eigenvalue weighted by atomic mass is 16.5. The number of rotatable bonds is 3. The van der Waals surface area contributed by atoms with E-state index in [1.54, 1.807) is 24.1 Å². The molecule has 3 rings (SSSR count). The topological polar surface area (TPSA) is 79.9 Å². The molecule has 2 aliphatic heterocycles. The van der Waals surface area contributed by atoms with E-state index in [1.165, 1.54) is 7.11 Å². The van der Waals surface area contributed by atoms with Gasteiger partial charge in [-0.1, -0.05) is 18.2 Å². The van der Waals surface area contributed by atoms with Gasteiger partial charge in [-0.25, -0.2) is 5.43 Å². The van der Waals surface area contributed by atoms with E-state index in [2.05, 4.69) is 10.7 Å². The van der Waals surface area contributed by atoms with Crippen molar-refractivity contribution in [1.29, 1.82) is 0 Å². The van der Waals surface area contributed by atoms with Crippen molar-refractivity contribution in [3.63, 3.8) is 0 Å². The largest absolute Gasteiger partial charge is 0.469 e. The zero-order chi connectivity index (χ0) is 15.7. The van der Waals surface area contributed by atoms with Crippen LogP contribution in [0.25, 0.3) is 0 Å². The van der Waals surface area contributed by atoms with Crippen LogP contribution in [0.3, 0.4) is 0 Å². The van der Waals surface area contributed by atoms with Crippen LogP contribution >= 0.6 is 0 Å². The maximum atomic E-state index is 12.3. The van der Waals surface area contributed by atoms with E-state index >= 15 is 0 Å². The first-order chi connectivity index (χ1) is 10.6. The quantitative estimate of drug-likeness (QED) is 0.785. The molecule has 116 valence electrons. The third-order valence-corrected chi connectivity index (χ3v) is 3.78. The number of hydrazine groups is 1. The average Bonchev–Trinajstić information content (AvgIpc) is 2.95. The number of nitrogens with zero attached hydrogens (tertiary/aromatic N) is 1. The van der Waals surface area contributed by atoms with E-state index in [1.807, 2.05) is 18.2 Å². The number of carbonyl (C=O) groups is 2. The van der Waals surface area contributed by atoms with Gasteiger partial charge in [-0.15, -0.1) is 0 Å². The molecule has 1 fully saturated rings. The zero-order valence-corrected chi connectivity index (χ0v) is 12.3. The van der Waals surface area contributed by atoms with Gasteiger partial charge >= 0.3 is 5.97 Å². The van der Waals surface area contributed by atoms with Gasteiger partial charge in [0.25, 0.3) is 5.91 Å². The maximum absolute atomic E-state index is 12.3. The lowest BCUT2D eigenvalue weighted by Crippen LogP contribution is -2.55. The molecule has 0 saturated carbocycles. The summed E-state index contributed by atoms with van der Waals surface area (Å²) in [4.78, 5) is 24.1. The van der Waals surface area contributed by atoms with Crippen molar-refractivity contribution >= 4 is 11.9 Å². The molecule has 0 bridgehead atoms. The SMILES string of the molecule is COC(=O)C1CNN2C(C)=C(Oc3ccccc3)C(=O)NC12. The summed E-state index contributed by atoms with van der Waals surface area (Å²) in [5.41, 5.74) is 3.72. The van der Waals surface area contributed by atoms with Crippen LogP contribution in [-0.2, 0) is 14.3 Å². The number of methoxy groups -OCH3 is 1. The molecule has 1 aromatic carbocycles. The van der Waals surface area contributed by atoms with Gasteiger partial charge in [0.1, 0.15) is 17.8 Å². The molecular weight excluding hydrogens is 286 g/mol. The highest BCUT2D eigenvalue weighted by molar-refractivity contribution is 5.94. The molecule has 0 aromatic heterocycles. The van der Waals surface area contributed by atoms with Gasteiger partial charge in [0.15, 0.2) is 0 Å². The molecule has 0 spiro atoms. The third kappa shape index (κ3) is 2.39. The summed E-state index contributed by atoms with van der Waals surface area (Å²) in [6.07, 6.45) is -0.469. The van der Waals surface area contributed by atoms with E-state index in [0.717, 1.165) is 0 Å². The minimum absolute atomic E-state index is 0.209. The van der Waals surface area contributed by atoms with Crippen molar-refractivity contribution < 1.29 is 19.1 Å². The van der Waals surface area contributed by atoms with Crippen LogP contribution < -0.4 is 15.5 Å². The fourth-order valence-electron chi connectivity index (χ4n) is 2.64. The third-order valence-electron chi connectivity index (χ3n) is 3.78. The number of nitrogens with one attached hydrogen (secondary N) is 2. The van der Waals surface area contributed by atoms with E-state index in [4.69, 9.17) is 9.47 Å². The van der Waals surface area contributed by atoms with Gasteiger partial charge in [0.05, 0.1) is 12.8 Å². The molecule has 1 amide bonds.